The van der Waals surface area contributed by atoms with Gasteiger partial charge in [-0.1, -0.05) is 11.6 Å². The largest absolute Gasteiger partial charge is 0.273 e. The summed E-state index contributed by atoms with van der Waals surface area (Å²) in [7, 11) is 1.27. The van der Waals surface area contributed by atoms with Crippen LogP contribution in [0.15, 0.2) is 10.4 Å². The van der Waals surface area contributed by atoms with Crippen molar-refractivity contribution in [1.29, 1.82) is 0 Å². The van der Waals surface area contributed by atoms with Crippen LogP contribution >= 0.6 is 33.8 Å². The molecule has 1 heterocycles. The number of halogens is 2. The van der Waals surface area contributed by atoms with Gasteiger partial charge in [0.15, 0.2) is 4.21 Å². The average Bonchev–Trinajstić information content (AvgIpc) is 2.11. The van der Waals surface area contributed by atoms with Gasteiger partial charge in [-0.25, -0.2) is 8.42 Å². The fraction of sp³-hybridized carbons (Fsp3) is 0. The Labute approximate surface area is 71.2 Å². The Morgan fingerprint density at radius 1 is 1.60 bits per heavy atom. The molecule has 0 saturated carbocycles. The second-order valence-electron chi connectivity index (χ2n) is 1.40. The van der Waals surface area contributed by atoms with E-state index in [1.165, 1.54) is 6.20 Å². The molecule has 0 aliphatic carbocycles. The summed E-state index contributed by atoms with van der Waals surface area (Å²) in [6.45, 7) is 0. The van der Waals surface area contributed by atoms with Crippen molar-refractivity contribution in [3.8, 4) is 0 Å². The molecule has 0 atom stereocenters. The first-order chi connectivity index (χ1) is 4.52. The van der Waals surface area contributed by atoms with E-state index < -0.39 is 9.05 Å². The highest BCUT2D eigenvalue weighted by molar-refractivity contribution is 8.15. The van der Waals surface area contributed by atoms with E-state index in [2.05, 4.69) is 4.37 Å². The molecule has 0 bridgehead atoms. The lowest BCUT2D eigenvalue weighted by Crippen LogP contribution is -1.84. The molecule has 0 amide bonds. The maximum atomic E-state index is 10.6. The van der Waals surface area contributed by atoms with Gasteiger partial charge >= 0.3 is 0 Å². The quantitative estimate of drug-likeness (QED) is 0.674. The maximum absolute atomic E-state index is 10.6. The van der Waals surface area contributed by atoms with Crippen molar-refractivity contribution in [2.75, 3.05) is 0 Å². The van der Waals surface area contributed by atoms with Crippen LogP contribution in [-0.2, 0) is 9.05 Å². The number of nitrogens with zero attached hydrogens (tertiary/aromatic N) is 1. The summed E-state index contributed by atoms with van der Waals surface area (Å²) in [6, 6.07) is 0. The first kappa shape index (κ1) is 8.26. The van der Waals surface area contributed by atoms with Crippen LogP contribution in [0.2, 0.25) is 5.02 Å². The second kappa shape index (κ2) is 2.65. The third-order valence-electron chi connectivity index (χ3n) is 0.718. The summed E-state index contributed by atoms with van der Waals surface area (Å²) in [5.74, 6) is 0. The Hall–Kier alpha value is 0.160. The number of rotatable bonds is 1. The molecular formula is C3HCl2NO2S2. The highest BCUT2D eigenvalue weighted by Gasteiger charge is 2.16. The van der Waals surface area contributed by atoms with Gasteiger partial charge < -0.3 is 0 Å². The molecule has 1 aromatic rings. The molecule has 0 aromatic carbocycles. The Kier molecular flexibility index (Phi) is 2.19. The fourth-order valence-corrected chi connectivity index (χ4v) is 2.68. The van der Waals surface area contributed by atoms with E-state index in [-0.39, 0.29) is 9.23 Å². The van der Waals surface area contributed by atoms with Gasteiger partial charge in [-0.3, -0.25) is 0 Å². The van der Waals surface area contributed by atoms with Crippen LogP contribution in [0.25, 0.3) is 0 Å². The Morgan fingerprint density at radius 2 is 2.20 bits per heavy atom. The van der Waals surface area contributed by atoms with Crippen molar-refractivity contribution in [2.45, 2.75) is 4.21 Å². The van der Waals surface area contributed by atoms with Gasteiger partial charge in [-0.05, 0) is 11.5 Å². The minimum atomic E-state index is -3.69. The Bertz CT molecular complexity index is 330. The van der Waals surface area contributed by atoms with Crippen molar-refractivity contribution in [1.82, 2.24) is 4.37 Å². The lowest BCUT2D eigenvalue weighted by Gasteiger charge is -1.85. The van der Waals surface area contributed by atoms with Crippen LogP contribution in [0, 0.1) is 0 Å². The van der Waals surface area contributed by atoms with E-state index in [0.29, 0.717) is 0 Å². The molecule has 3 nitrogen and oxygen atoms in total. The van der Waals surface area contributed by atoms with E-state index >= 15 is 0 Å². The zero-order valence-corrected chi connectivity index (χ0v) is 7.56. The van der Waals surface area contributed by atoms with Crippen molar-refractivity contribution < 1.29 is 8.42 Å². The van der Waals surface area contributed by atoms with Crippen LogP contribution in [0.1, 0.15) is 0 Å². The second-order valence-corrected chi connectivity index (χ2v) is 5.37. The highest BCUT2D eigenvalue weighted by Crippen LogP contribution is 2.27. The summed E-state index contributed by atoms with van der Waals surface area (Å²) in [6.07, 6.45) is 1.24. The summed E-state index contributed by atoms with van der Waals surface area (Å²) in [5, 5.41) is 0.0694. The van der Waals surface area contributed by atoms with E-state index in [4.69, 9.17) is 22.3 Å². The lowest BCUT2D eigenvalue weighted by molar-refractivity contribution is 0.611. The van der Waals surface area contributed by atoms with Gasteiger partial charge in [0.25, 0.3) is 9.05 Å². The number of hydrogen-bond acceptors (Lipinski definition) is 4. The van der Waals surface area contributed by atoms with Crippen LogP contribution < -0.4 is 0 Å². The first-order valence-corrected chi connectivity index (χ1v) is 5.53. The van der Waals surface area contributed by atoms with Gasteiger partial charge in [0.05, 0.1) is 11.2 Å². The van der Waals surface area contributed by atoms with Crippen molar-refractivity contribution in [2.24, 2.45) is 0 Å². The predicted molar refractivity (Wildman–Crippen MR) is 40.2 cm³/mol. The smallest absolute Gasteiger partial charge is 0.206 e. The van der Waals surface area contributed by atoms with Crippen LogP contribution in [0.5, 0.6) is 0 Å². The molecule has 0 spiro atoms. The van der Waals surface area contributed by atoms with E-state index in [0.717, 1.165) is 11.5 Å². The van der Waals surface area contributed by atoms with Crippen molar-refractivity contribution in [3.63, 3.8) is 0 Å². The van der Waals surface area contributed by atoms with Crippen LogP contribution in [0.4, 0.5) is 0 Å². The third-order valence-corrected chi connectivity index (χ3v) is 4.11. The predicted octanol–water partition coefficient (Wildman–Crippen LogP) is 1.72. The minimum Gasteiger partial charge on any atom is -0.206 e. The summed E-state index contributed by atoms with van der Waals surface area (Å²) >= 11 is 6.16. The monoisotopic (exact) mass is 217 g/mol. The molecule has 7 heteroatoms. The molecule has 0 radical (unpaired) electrons. The van der Waals surface area contributed by atoms with Gasteiger partial charge in [-0.15, -0.1) is 0 Å². The molecular weight excluding hydrogens is 217 g/mol. The van der Waals surface area contributed by atoms with Gasteiger partial charge in [0.2, 0.25) is 0 Å². The van der Waals surface area contributed by atoms with Gasteiger partial charge in [0.1, 0.15) is 0 Å². The molecule has 0 saturated heterocycles. The third kappa shape index (κ3) is 1.60. The fourth-order valence-electron chi connectivity index (χ4n) is 0.378. The standard InChI is InChI=1S/C3HCl2NO2S2/c4-2-1-6-9-3(2)10(5,7)8/h1H. The van der Waals surface area contributed by atoms with E-state index in [1.54, 1.807) is 0 Å². The highest BCUT2D eigenvalue weighted by atomic mass is 35.7. The van der Waals surface area contributed by atoms with Crippen LogP contribution in [-0.4, -0.2) is 12.8 Å². The molecule has 10 heavy (non-hydrogen) atoms. The molecule has 0 unspecified atom stereocenters. The molecule has 1 aromatic heterocycles. The van der Waals surface area contributed by atoms with Crippen LogP contribution in [0.3, 0.4) is 0 Å². The first-order valence-electron chi connectivity index (χ1n) is 2.06. The zero-order chi connectivity index (χ0) is 7.78. The minimum absolute atomic E-state index is 0.0694. The maximum Gasteiger partial charge on any atom is 0.273 e. The van der Waals surface area contributed by atoms with Gasteiger partial charge in [0, 0.05) is 10.7 Å². The number of aromatic nitrogens is 1. The lowest BCUT2D eigenvalue weighted by atomic mass is 10.8. The molecule has 0 aliphatic rings. The molecule has 1 rings (SSSR count). The Balaban J connectivity index is 3.32. The summed E-state index contributed by atoms with van der Waals surface area (Å²) in [4.78, 5) is 0. The van der Waals surface area contributed by atoms with E-state index in [1.807, 2.05) is 0 Å². The zero-order valence-electron chi connectivity index (χ0n) is 4.41. The Morgan fingerprint density at radius 3 is 2.40 bits per heavy atom. The topological polar surface area (TPSA) is 47.0 Å². The molecule has 0 N–H and O–H groups in total. The van der Waals surface area contributed by atoms with Crippen molar-refractivity contribution in [3.05, 3.63) is 11.2 Å². The summed E-state index contributed by atoms with van der Waals surface area (Å²) < 4.78 is 24.6. The summed E-state index contributed by atoms with van der Waals surface area (Å²) in [5.41, 5.74) is 0. The molecule has 0 aliphatic heterocycles. The van der Waals surface area contributed by atoms with Gasteiger partial charge in [-0.2, -0.15) is 4.37 Å². The normalized spacial score (nSPS) is 11.8. The SMILES string of the molecule is O=S(=O)(Cl)c1sncc1Cl. The van der Waals surface area contributed by atoms with Crippen molar-refractivity contribution >= 4 is 42.9 Å². The molecule has 0 fully saturated rings. The van der Waals surface area contributed by atoms with E-state index in [9.17, 15) is 8.42 Å². The average molecular weight is 218 g/mol. The number of hydrogen-bond donors (Lipinski definition) is 0. The molecule has 56 valence electrons.